The monoisotopic (exact) mass is 368 g/mol. The smallest absolute Gasteiger partial charge is 0.267 e. The Morgan fingerprint density at radius 1 is 1.22 bits per heavy atom. The van der Waals surface area contributed by atoms with Crippen molar-refractivity contribution < 1.29 is 19.1 Å². The molecule has 1 aliphatic rings. The van der Waals surface area contributed by atoms with Crippen LogP contribution in [0.15, 0.2) is 42.5 Å². The van der Waals surface area contributed by atoms with Gasteiger partial charge in [-0.25, -0.2) is 0 Å². The summed E-state index contributed by atoms with van der Waals surface area (Å²) in [5.74, 6) is 1.17. The predicted molar refractivity (Wildman–Crippen MR) is 104 cm³/mol. The van der Waals surface area contributed by atoms with E-state index in [-0.39, 0.29) is 11.8 Å². The Labute approximate surface area is 159 Å². The summed E-state index contributed by atoms with van der Waals surface area (Å²) < 4.78 is 11.5. The third-order valence-corrected chi connectivity index (χ3v) is 4.38. The highest BCUT2D eigenvalue weighted by Crippen LogP contribution is 2.36. The predicted octanol–water partition coefficient (Wildman–Crippen LogP) is 3.54. The first-order chi connectivity index (χ1) is 13.0. The van der Waals surface area contributed by atoms with Gasteiger partial charge in [0, 0.05) is 12.1 Å². The Kier molecular flexibility index (Phi) is 5.64. The van der Waals surface area contributed by atoms with Crippen LogP contribution >= 0.6 is 0 Å². The first-order valence-electron chi connectivity index (χ1n) is 9.09. The highest BCUT2D eigenvalue weighted by atomic mass is 16.5. The molecule has 0 spiro atoms. The van der Waals surface area contributed by atoms with E-state index in [0.29, 0.717) is 36.7 Å². The summed E-state index contributed by atoms with van der Waals surface area (Å²) in [4.78, 5) is 25.9. The minimum atomic E-state index is -0.562. The van der Waals surface area contributed by atoms with Crippen molar-refractivity contribution in [2.45, 2.75) is 33.3 Å². The van der Waals surface area contributed by atoms with E-state index in [1.54, 1.807) is 36.9 Å². The second-order valence-corrected chi connectivity index (χ2v) is 6.50. The van der Waals surface area contributed by atoms with Gasteiger partial charge in [0.1, 0.15) is 18.1 Å². The SMILES string of the molecule is CCC(=O)Nc1ccc2c(c1)N(CCOc1ccc(C)cc1)C(=O)C(C)O2. The third-order valence-electron chi connectivity index (χ3n) is 4.38. The molecule has 0 bridgehead atoms. The van der Waals surface area contributed by atoms with E-state index in [9.17, 15) is 9.59 Å². The van der Waals surface area contributed by atoms with E-state index >= 15 is 0 Å². The fraction of sp³-hybridized carbons (Fsp3) is 0.333. The molecule has 1 aliphatic heterocycles. The number of aryl methyl sites for hydroxylation is 1. The van der Waals surface area contributed by atoms with Crippen LogP contribution in [0.4, 0.5) is 11.4 Å². The van der Waals surface area contributed by atoms with Gasteiger partial charge in [-0.3, -0.25) is 9.59 Å². The summed E-state index contributed by atoms with van der Waals surface area (Å²) in [5.41, 5.74) is 2.44. The normalized spacial score (nSPS) is 15.7. The minimum absolute atomic E-state index is 0.0828. The third kappa shape index (κ3) is 4.39. The van der Waals surface area contributed by atoms with Crippen LogP contribution in [0.5, 0.6) is 11.5 Å². The summed E-state index contributed by atoms with van der Waals surface area (Å²) >= 11 is 0. The zero-order valence-corrected chi connectivity index (χ0v) is 15.8. The van der Waals surface area contributed by atoms with E-state index in [4.69, 9.17) is 9.47 Å². The molecule has 0 fully saturated rings. The number of carbonyl (C=O) groups is 2. The van der Waals surface area contributed by atoms with E-state index in [1.165, 1.54) is 0 Å². The van der Waals surface area contributed by atoms with Gasteiger partial charge < -0.3 is 19.7 Å². The van der Waals surface area contributed by atoms with Crippen LogP contribution in [0.2, 0.25) is 0 Å². The molecule has 0 saturated carbocycles. The summed E-state index contributed by atoms with van der Waals surface area (Å²) in [5, 5.41) is 2.81. The number of fused-ring (bicyclic) bond motifs is 1. The number of anilines is 2. The van der Waals surface area contributed by atoms with Crippen molar-refractivity contribution in [3.8, 4) is 11.5 Å². The highest BCUT2D eigenvalue weighted by Gasteiger charge is 2.31. The topological polar surface area (TPSA) is 67.9 Å². The molecule has 2 amide bonds. The number of nitrogens with one attached hydrogen (secondary N) is 1. The van der Waals surface area contributed by atoms with Gasteiger partial charge in [-0.15, -0.1) is 0 Å². The number of hydrogen-bond acceptors (Lipinski definition) is 4. The molecule has 1 atom stereocenters. The largest absolute Gasteiger partial charge is 0.492 e. The summed E-state index contributed by atoms with van der Waals surface area (Å²) in [6.07, 6.45) is -0.176. The van der Waals surface area contributed by atoms with Crippen molar-refractivity contribution in [1.82, 2.24) is 0 Å². The zero-order valence-electron chi connectivity index (χ0n) is 15.8. The minimum Gasteiger partial charge on any atom is -0.492 e. The van der Waals surface area contributed by atoms with Crippen molar-refractivity contribution in [3.05, 3.63) is 48.0 Å². The van der Waals surface area contributed by atoms with Gasteiger partial charge in [-0.1, -0.05) is 24.6 Å². The van der Waals surface area contributed by atoms with Crippen LogP contribution in [0.25, 0.3) is 0 Å². The first-order valence-corrected chi connectivity index (χ1v) is 9.09. The van der Waals surface area contributed by atoms with Gasteiger partial charge in [0.25, 0.3) is 5.91 Å². The molecule has 1 N–H and O–H groups in total. The van der Waals surface area contributed by atoms with Crippen LogP contribution in [-0.2, 0) is 9.59 Å². The van der Waals surface area contributed by atoms with Crippen LogP contribution in [-0.4, -0.2) is 31.1 Å². The lowest BCUT2D eigenvalue weighted by Gasteiger charge is -2.33. The summed E-state index contributed by atoms with van der Waals surface area (Å²) in [6.45, 7) is 6.27. The number of rotatable bonds is 6. The Bertz CT molecular complexity index is 833. The van der Waals surface area contributed by atoms with Crippen molar-refractivity contribution in [3.63, 3.8) is 0 Å². The number of nitrogens with zero attached hydrogens (tertiary/aromatic N) is 1. The molecule has 0 radical (unpaired) electrons. The number of amides is 2. The number of ether oxygens (including phenoxy) is 2. The maximum Gasteiger partial charge on any atom is 0.267 e. The molecule has 3 rings (SSSR count). The zero-order chi connectivity index (χ0) is 19.4. The van der Waals surface area contributed by atoms with Gasteiger partial charge in [-0.2, -0.15) is 0 Å². The molecular weight excluding hydrogens is 344 g/mol. The molecule has 0 aliphatic carbocycles. The molecule has 2 aromatic rings. The maximum atomic E-state index is 12.6. The Morgan fingerprint density at radius 2 is 1.96 bits per heavy atom. The van der Waals surface area contributed by atoms with Crippen LogP contribution in [0.3, 0.4) is 0 Å². The average Bonchev–Trinajstić information content (AvgIpc) is 2.66. The molecule has 2 aromatic carbocycles. The molecule has 1 unspecified atom stereocenters. The van der Waals surface area contributed by atoms with Crippen LogP contribution in [0.1, 0.15) is 25.8 Å². The molecule has 6 heteroatoms. The van der Waals surface area contributed by atoms with E-state index < -0.39 is 6.10 Å². The molecule has 142 valence electrons. The summed E-state index contributed by atoms with van der Waals surface area (Å²) in [6, 6.07) is 13.1. The van der Waals surface area contributed by atoms with Crippen molar-refractivity contribution in [2.24, 2.45) is 0 Å². The standard InChI is InChI=1S/C21H24N2O4/c1-4-20(24)22-16-7-10-19-18(13-16)23(21(25)15(3)27-19)11-12-26-17-8-5-14(2)6-9-17/h5-10,13,15H,4,11-12H2,1-3H3,(H,22,24). The van der Waals surface area contributed by atoms with Crippen LogP contribution in [0, 0.1) is 6.92 Å². The Morgan fingerprint density at radius 3 is 2.67 bits per heavy atom. The molecular formula is C21H24N2O4. The first kappa shape index (κ1) is 18.8. The van der Waals surface area contributed by atoms with E-state index in [1.807, 2.05) is 31.2 Å². The molecule has 6 nitrogen and oxygen atoms in total. The van der Waals surface area contributed by atoms with Crippen molar-refractivity contribution in [1.29, 1.82) is 0 Å². The van der Waals surface area contributed by atoms with E-state index in [2.05, 4.69) is 5.32 Å². The van der Waals surface area contributed by atoms with Gasteiger partial charge in [0.15, 0.2) is 6.10 Å². The van der Waals surface area contributed by atoms with Crippen molar-refractivity contribution >= 4 is 23.2 Å². The van der Waals surface area contributed by atoms with E-state index in [0.717, 1.165) is 11.3 Å². The second-order valence-electron chi connectivity index (χ2n) is 6.50. The van der Waals surface area contributed by atoms with Crippen LogP contribution < -0.4 is 19.7 Å². The molecule has 0 aromatic heterocycles. The lowest BCUT2D eigenvalue weighted by molar-refractivity contribution is -0.125. The molecule has 0 saturated heterocycles. The second kappa shape index (κ2) is 8.12. The van der Waals surface area contributed by atoms with Gasteiger partial charge >= 0.3 is 0 Å². The van der Waals surface area contributed by atoms with Gasteiger partial charge in [0.2, 0.25) is 5.91 Å². The lowest BCUT2D eigenvalue weighted by Crippen LogP contribution is -2.46. The molecule has 27 heavy (non-hydrogen) atoms. The summed E-state index contributed by atoms with van der Waals surface area (Å²) in [7, 11) is 0. The quantitative estimate of drug-likeness (QED) is 0.847. The number of benzene rings is 2. The lowest BCUT2D eigenvalue weighted by atomic mass is 10.1. The fourth-order valence-electron chi connectivity index (χ4n) is 2.85. The molecule has 1 heterocycles. The average molecular weight is 368 g/mol. The van der Waals surface area contributed by atoms with Crippen molar-refractivity contribution in [2.75, 3.05) is 23.4 Å². The number of hydrogen-bond donors (Lipinski definition) is 1. The highest BCUT2D eigenvalue weighted by molar-refractivity contribution is 6.01. The Balaban J connectivity index is 1.75. The maximum absolute atomic E-state index is 12.6. The fourth-order valence-corrected chi connectivity index (χ4v) is 2.85. The van der Waals surface area contributed by atoms with Gasteiger partial charge in [-0.05, 0) is 44.2 Å². The Hall–Kier alpha value is -3.02. The number of carbonyl (C=O) groups excluding carboxylic acids is 2. The van der Waals surface area contributed by atoms with Gasteiger partial charge in [0.05, 0.1) is 12.2 Å².